The van der Waals surface area contributed by atoms with Crippen LogP contribution in [0.25, 0.3) is 0 Å². The van der Waals surface area contributed by atoms with Gasteiger partial charge >= 0.3 is 12.1 Å². The number of amides is 2. The van der Waals surface area contributed by atoms with E-state index in [1.54, 1.807) is 12.3 Å². The van der Waals surface area contributed by atoms with Crippen molar-refractivity contribution < 1.29 is 23.9 Å². The molecular formula is C21H24N2O5. The number of methoxy groups -OCH3 is 1. The predicted molar refractivity (Wildman–Crippen MR) is 102 cm³/mol. The second-order valence-electron chi connectivity index (χ2n) is 7.33. The standard InChI is InChI=1S/C21H24N2O5/c1-21(2,19(25)27-3)17-10-9-16(18(24)23-11-12-28-20(23)26)14-22(17)13-15-7-5-4-6-8-15/h4-10,14,17H,11-13H2,1-3H3. The van der Waals surface area contributed by atoms with Crippen LogP contribution in [0.15, 0.2) is 54.3 Å². The Bertz CT molecular complexity index is 828. The van der Waals surface area contributed by atoms with Gasteiger partial charge in [-0.25, -0.2) is 9.69 Å². The Balaban J connectivity index is 1.91. The van der Waals surface area contributed by atoms with Gasteiger partial charge in [0.25, 0.3) is 5.91 Å². The van der Waals surface area contributed by atoms with E-state index in [4.69, 9.17) is 9.47 Å². The molecule has 0 aromatic heterocycles. The highest BCUT2D eigenvalue weighted by atomic mass is 16.6. The smallest absolute Gasteiger partial charge is 0.416 e. The molecule has 1 atom stereocenters. The molecule has 1 saturated heterocycles. The summed E-state index contributed by atoms with van der Waals surface area (Å²) >= 11 is 0. The van der Waals surface area contributed by atoms with Gasteiger partial charge in [-0.2, -0.15) is 0 Å². The van der Waals surface area contributed by atoms with E-state index < -0.39 is 17.4 Å². The van der Waals surface area contributed by atoms with Gasteiger partial charge in [0.2, 0.25) is 0 Å². The second-order valence-corrected chi connectivity index (χ2v) is 7.33. The van der Waals surface area contributed by atoms with Crippen molar-refractivity contribution in [2.24, 2.45) is 5.41 Å². The summed E-state index contributed by atoms with van der Waals surface area (Å²) in [5.74, 6) is -0.752. The molecule has 1 aromatic rings. The van der Waals surface area contributed by atoms with E-state index in [1.165, 1.54) is 7.11 Å². The van der Waals surface area contributed by atoms with E-state index in [0.29, 0.717) is 12.1 Å². The molecule has 28 heavy (non-hydrogen) atoms. The van der Waals surface area contributed by atoms with Crippen LogP contribution in [0.3, 0.4) is 0 Å². The van der Waals surface area contributed by atoms with E-state index in [2.05, 4.69) is 0 Å². The van der Waals surface area contributed by atoms with Crippen LogP contribution in [0.5, 0.6) is 0 Å². The molecule has 0 bridgehead atoms. The summed E-state index contributed by atoms with van der Waals surface area (Å²) in [6.07, 6.45) is 4.54. The van der Waals surface area contributed by atoms with Crippen molar-refractivity contribution in [1.29, 1.82) is 0 Å². The van der Waals surface area contributed by atoms with Crippen molar-refractivity contribution in [3.8, 4) is 0 Å². The number of carbonyl (C=O) groups is 3. The lowest BCUT2D eigenvalue weighted by Crippen LogP contribution is -2.47. The summed E-state index contributed by atoms with van der Waals surface area (Å²) in [5, 5.41) is 0. The van der Waals surface area contributed by atoms with Crippen molar-refractivity contribution in [3.63, 3.8) is 0 Å². The Morgan fingerprint density at radius 2 is 1.96 bits per heavy atom. The zero-order valence-electron chi connectivity index (χ0n) is 16.3. The lowest BCUT2D eigenvalue weighted by Gasteiger charge is -2.40. The maximum Gasteiger partial charge on any atom is 0.416 e. The van der Waals surface area contributed by atoms with E-state index in [9.17, 15) is 14.4 Å². The first kappa shape index (κ1) is 19.7. The number of hydrogen-bond donors (Lipinski definition) is 0. The normalized spacial score (nSPS) is 19.3. The molecule has 1 fully saturated rings. The lowest BCUT2D eigenvalue weighted by molar-refractivity contribution is -0.153. The molecule has 2 aliphatic heterocycles. The number of carbonyl (C=O) groups excluding carboxylic acids is 3. The molecular weight excluding hydrogens is 360 g/mol. The summed E-state index contributed by atoms with van der Waals surface area (Å²) in [5.41, 5.74) is 0.566. The number of cyclic esters (lactones) is 1. The van der Waals surface area contributed by atoms with Crippen molar-refractivity contribution >= 4 is 18.0 Å². The van der Waals surface area contributed by atoms with Crippen LogP contribution in [-0.4, -0.2) is 54.1 Å². The molecule has 1 unspecified atom stereocenters. The number of esters is 1. The Kier molecular flexibility index (Phi) is 5.53. The van der Waals surface area contributed by atoms with Crippen LogP contribution in [0.2, 0.25) is 0 Å². The molecule has 3 rings (SSSR count). The Morgan fingerprint density at radius 3 is 2.57 bits per heavy atom. The lowest BCUT2D eigenvalue weighted by atomic mass is 9.81. The van der Waals surface area contributed by atoms with Gasteiger partial charge in [-0.05, 0) is 25.5 Å². The molecule has 0 radical (unpaired) electrons. The zero-order valence-corrected chi connectivity index (χ0v) is 16.3. The predicted octanol–water partition coefficient (Wildman–Crippen LogP) is 2.49. The summed E-state index contributed by atoms with van der Waals surface area (Å²) in [6.45, 7) is 4.55. The van der Waals surface area contributed by atoms with Gasteiger partial charge in [0.1, 0.15) is 6.61 Å². The van der Waals surface area contributed by atoms with Gasteiger partial charge in [0, 0.05) is 12.7 Å². The minimum atomic E-state index is -0.836. The van der Waals surface area contributed by atoms with Gasteiger partial charge in [-0.3, -0.25) is 9.59 Å². The van der Waals surface area contributed by atoms with E-state index >= 15 is 0 Å². The number of hydrogen-bond acceptors (Lipinski definition) is 6. The number of benzene rings is 1. The van der Waals surface area contributed by atoms with Crippen molar-refractivity contribution in [1.82, 2.24) is 9.80 Å². The third-order valence-corrected chi connectivity index (χ3v) is 5.03. The summed E-state index contributed by atoms with van der Waals surface area (Å²) in [7, 11) is 1.36. The first-order valence-corrected chi connectivity index (χ1v) is 9.11. The second kappa shape index (κ2) is 7.88. The van der Waals surface area contributed by atoms with Crippen LogP contribution >= 0.6 is 0 Å². The average Bonchev–Trinajstić information content (AvgIpc) is 3.13. The molecule has 2 amide bonds. The maximum atomic E-state index is 12.7. The summed E-state index contributed by atoms with van der Waals surface area (Å²) in [6, 6.07) is 9.44. The number of nitrogens with zero attached hydrogens (tertiary/aromatic N) is 2. The molecule has 0 spiro atoms. The van der Waals surface area contributed by atoms with Crippen LogP contribution in [-0.2, 0) is 25.6 Å². The van der Waals surface area contributed by atoms with Gasteiger partial charge in [-0.15, -0.1) is 0 Å². The maximum absolute atomic E-state index is 12.7. The molecule has 0 saturated carbocycles. The largest absolute Gasteiger partial charge is 0.469 e. The van der Waals surface area contributed by atoms with Gasteiger partial charge < -0.3 is 14.4 Å². The Hall–Kier alpha value is -3.09. The van der Waals surface area contributed by atoms with Gasteiger partial charge in [0.15, 0.2) is 0 Å². The fraction of sp³-hybridized carbons (Fsp3) is 0.381. The third kappa shape index (κ3) is 3.78. The highest BCUT2D eigenvalue weighted by Gasteiger charge is 2.41. The molecule has 1 aromatic carbocycles. The van der Waals surface area contributed by atoms with Crippen molar-refractivity contribution in [2.75, 3.05) is 20.3 Å². The van der Waals surface area contributed by atoms with Gasteiger partial charge in [0.05, 0.1) is 30.7 Å². The number of ether oxygens (including phenoxy) is 2. The topological polar surface area (TPSA) is 76.1 Å². The molecule has 2 aliphatic rings. The Morgan fingerprint density at radius 1 is 1.25 bits per heavy atom. The number of rotatable bonds is 5. The highest BCUT2D eigenvalue weighted by molar-refractivity contribution is 6.04. The molecule has 0 N–H and O–H groups in total. The molecule has 0 aliphatic carbocycles. The minimum absolute atomic E-state index is 0.202. The summed E-state index contributed by atoms with van der Waals surface area (Å²) < 4.78 is 9.84. The van der Waals surface area contributed by atoms with Crippen LogP contribution in [0.4, 0.5) is 4.79 Å². The van der Waals surface area contributed by atoms with E-state index in [-0.39, 0.29) is 25.2 Å². The first-order valence-electron chi connectivity index (χ1n) is 9.11. The van der Waals surface area contributed by atoms with E-state index in [1.807, 2.05) is 55.2 Å². The number of imide groups is 1. The van der Waals surface area contributed by atoms with Crippen molar-refractivity contribution in [3.05, 3.63) is 59.8 Å². The summed E-state index contributed by atoms with van der Waals surface area (Å²) in [4.78, 5) is 39.9. The van der Waals surface area contributed by atoms with E-state index in [0.717, 1.165) is 10.5 Å². The third-order valence-electron chi connectivity index (χ3n) is 5.03. The van der Waals surface area contributed by atoms with Crippen LogP contribution in [0.1, 0.15) is 19.4 Å². The molecule has 7 heteroatoms. The fourth-order valence-corrected chi connectivity index (χ4v) is 3.44. The van der Waals surface area contributed by atoms with Crippen LogP contribution < -0.4 is 0 Å². The fourth-order valence-electron chi connectivity index (χ4n) is 3.44. The SMILES string of the molecule is COC(=O)C(C)(C)C1C=CC(C(=O)N2CCOC2=O)=CN1Cc1ccccc1. The van der Waals surface area contributed by atoms with Crippen LogP contribution in [0, 0.1) is 5.41 Å². The Labute approximate surface area is 164 Å². The highest BCUT2D eigenvalue weighted by Crippen LogP contribution is 2.33. The van der Waals surface area contributed by atoms with Crippen molar-refractivity contribution in [2.45, 2.75) is 26.4 Å². The first-order chi connectivity index (χ1) is 13.3. The van der Waals surface area contributed by atoms with Gasteiger partial charge in [-0.1, -0.05) is 36.4 Å². The average molecular weight is 384 g/mol. The zero-order chi connectivity index (χ0) is 20.3. The molecule has 7 nitrogen and oxygen atoms in total. The quantitative estimate of drug-likeness (QED) is 0.726. The molecule has 2 heterocycles. The monoisotopic (exact) mass is 384 g/mol. The minimum Gasteiger partial charge on any atom is -0.469 e. The molecule has 148 valence electrons.